The third-order valence-electron chi connectivity index (χ3n) is 6.88. The van der Waals surface area contributed by atoms with Gasteiger partial charge in [-0.25, -0.2) is 0 Å². The van der Waals surface area contributed by atoms with Gasteiger partial charge in [-0.2, -0.15) is 0 Å². The molecule has 1 aromatic rings. The highest BCUT2D eigenvalue weighted by Gasteiger charge is 2.44. The molecule has 0 radical (unpaired) electrons. The molecule has 1 aromatic carbocycles. The van der Waals surface area contributed by atoms with E-state index in [1.807, 2.05) is 19.1 Å². The first-order valence-electron chi connectivity index (χ1n) is 12.6. The highest BCUT2D eigenvalue weighted by atomic mass is 16.5. The summed E-state index contributed by atoms with van der Waals surface area (Å²) in [4.78, 5) is 40.3. The van der Waals surface area contributed by atoms with E-state index in [0.717, 1.165) is 22.5 Å². The third-order valence-corrected chi connectivity index (χ3v) is 6.88. The number of carboxylic acid groups (broad SMARTS) is 1. The van der Waals surface area contributed by atoms with Gasteiger partial charge >= 0.3 is 5.97 Å². The van der Waals surface area contributed by atoms with Crippen LogP contribution >= 0.6 is 0 Å². The Kier molecular flexibility index (Phi) is 7.77. The van der Waals surface area contributed by atoms with Crippen LogP contribution in [-0.4, -0.2) is 47.3 Å². The van der Waals surface area contributed by atoms with Gasteiger partial charge in [0.1, 0.15) is 13.2 Å². The lowest BCUT2D eigenvalue weighted by Gasteiger charge is -2.43. The van der Waals surface area contributed by atoms with Gasteiger partial charge < -0.3 is 19.5 Å². The number of allylic oxidation sites excluding steroid dienone is 5. The van der Waals surface area contributed by atoms with E-state index in [0.29, 0.717) is 80.8 Å². The normalized spacial score (nSPS) is 18.1. The van der Waals surface area contributed by atoms with Gasteiger partial charge in [0.15, 0.2) is 23.1 Å². The first-order valence-corrected chi connectivity index (χ1v) is 12.6. The van der Waals surface area contributed by atoms with Crippen molar-refractivity contribution >= 4 is 17.5 Å². The van der Waals surface area contributed by atoms with Crippen LogP contribution in [0.1, 0.15) is 62.5 Å². The van der Waals surface area contributed by atoms with Gasteiger partial charge in [0.25, 0.3) is 0 Å². The number of rotatable bonds is 10. The molecule has 0 saturated heterocycles. The number of carboxylic acids is 1. The molecule has 0 unspecified atom stereocenters. The molecule has 1 aliphatic heterocycles. The maximum Gasteiger partial charge on any atom is 0.323 e. The fourth-order valence-corrected chi connectivity index (χ4v) is 5.60. The molecular weight excluding hydrogens is 458 g/mol. The van der Waals surface area contributed by atoms with Crippen LogP contribution in [0.15, 0.2) is 60.0 Å². The predicted octanol–water partition coefficient (Wildman–Crippen LogP) is 4.88. The molecule has 1 heterocycles. The van der Waals surface area contributed by atoms with Gasteiger partial charge in [0, 0.05) is 46.9 Å². The molecule has 7 heteroatoms. The van der Waals surface area contributed by atoms with Crippen molar-refractivity contribution in [2.45, 2.75) is 57.8 Å². The highest BCUT2D eigenvalue weighted by Crippen LogP contribution is 2.50. The molecule has 0 bridgehead atoms. The maximum absolute atomic E-state index is 13.4. The van der Waals surface area contributed by atoms with Crippen molar-refractivity contribution < 1.29 is 29.0 Å². The summed E-state index contributed by atoms with van der Waals surface area (Å²) < 4.78 is 11.9. The lowest BCUT2D eigenvalue weighted by molar-refractivity contribution is -0.138. The van der Waals surface area contributed by atoms with Gasteiger partial charge in [-0.15, -0.1) is 6.58 Å². The van der Waals surface area contributed by atoms with Gasteiger partial charge in [-0.1, -0.05) is 24.8 Å². The summed E-state index contributed by atoms with van der Waals surface area (Å²) in [6, 6.07) is 3.84. The zero-order chi connectivity index (χ0) is 25.8. The predicted molar refractivity (Wildman–Crippen MR) is 136 cm³/mol. The summed E-state index contributed by atoms with van der Waals surface area (Å²) in [5, 5.41) is 9.65. The van der Waals surface area contributed by atoms with Crippen molar-refractivity contribution in [3.8, 4) is 11.5 Å². The minimum Gasteiger partial charge on any atom is -0.490 e. The molecule has 2 aliphatic carbocycles. The van der Waals surface area contributed by atoms with Crippen molar-refractivity contribution in [3.63, 3.8) is 0 Å². The molecule has 1 N–H and O–H groups in total. The fourth-order valence-electron chi connectivity index (χ4n) is 5.60. The summed E-state index contributed by atoms with van der Waals surface area (Å²) in [6.07, 6.45) is 7.25. The van der Waals surface area contributed by atoms with E-state index in [1.165, 1.54) is 0 Å². The zero-order valence-electron chi connectivity index (χ0n) is 20.8. The first kappa shape index (κ1) is 25.5. The molecule has 7 nitrogen and oxygen atoms in total. The largest absolute Gasteiger partial charge is 0.490 e. The van der Waals surface area contributed by atoms with E-state index in [1.54, 1.807) is 17.1 Å². The number of ether oxygens (including phenoxy) is 2. The average Bonchev–Trinajstić information content (AvgIpc) is 2.84. The molecule has 3 aliphatic rings. The fraction of sp³-hybridized carbons (Fsp3) is 0.414. The Labute approximate surface area is 211 Å². The van der Waals surface area contributed by atoms with Crippen molar-refractivity contribution in [2.24, 2.45) is 0 Å². The van der Waals surface area contributed by atoms with Gasteiger partial charge in [0.05, 0.1) is 6.61 Å². The van der Waals surface area contributed by atoms with E-state index in [9.17, 15) is 19.5 Å². The minimum atomic E-state index is -0.987. The molecule has 0 atom stereocenters. The number of hydrogen-bond acceptors (Lipinski definition) is 6. The number of carbonyl (C=O) groups is 3. The molecule has 0 spiro atoms. The van der Waals surface area contributed by atoms with E-state index < -0.39 is 11.9 Å². The number of nitrogens with zero attached hydrogens (tertiary/aromatic N) is 1. The van der Waals surface area contributed by atoms with Crippen LogP contribution in [-0.2, 0) is 20.8 Å². The van der Waals surface area contributed by atoms with Crippen LogP contribution in [0, 0.1) is 0 Å². The number of Topliss-reactive ketones (excluding diaryl/α,β-unsaturated/α-hetero) is 2. The summed E-state index contributed by atoms with van der Waals surface area (Å²) in [5.41, 5.74) is 4.19. The van der Waals surface area contributed by atoms with Crippen molar-refractivity contribution in [1.82, 2.24) is 4.90 Å². The second-order valence-corrected chi connectivity index (χ2v) is 9.22. The Bertz CT molecular complexity index is 1130. The summed E-state index contributed by atoms with van der Waals surface area (Å²) in [5.74, 6) is -0.473. The second kappa shape index (κ2) is 11.0. The summed E-state index contributed by atoms with van der Waals surface area (Å²) in [7, 11) is 0. The number of ketones is 2. The molecule has 0 aromatic heterocycles. The topological polar surface area (TPSA) is 93.1 Å². The van der Waals surface area contributed by atoms with Crippen LogP contribution in [0.4, 0.5) is 0 Å². The SMILES string of the molecule is C=CCOc1c(CC=C)cc(C2C3=C(CCCC3=O)N(CC(=O)O)C3=C2C(=O)CCC3)cc1OCC. The lowest BCUT2D eigenvalue weighted by atomic mass is 9.70. The Morgan fingerprint density at radius 2 is 1.67 bits per heavy atom. The number of carbonyl (C=O) groups excluding carboxylic acids is 2. The molecule has 36 heavy (non-hydrogen) atoms. The molecule has 0 saturated carbocycles. The Balaban J connectivity index is 1.97. The van der Waals surface area contributed by atoms with Crippen LogP contribution < -0.4 is 9.47 Å². The molecule has 4 rings (SSSR count). The number of aliphatic carboxylic acids is 1. The summed E-state index contributed by atoms with van der Waals surface area (Å²) in [6.45, 7) is 9.96. The Morgan fingerprint density at radius 3 is 2.19 bits per heavy atom. The summed E-state index contributed by atoms with van der Waals surface area (Å²) >= 11 is 0. The van der Waals surface area contributed by atoms with Crippen LogP contribution in [0.25, 0.3) is 0 Å². The van der Waals surface area contributed by atoms with E-state index in [4.69, 9.17) is 9.47 Å². The first-order chi connectivity index (χ1) is 17.4. The van der Waals surface area contributed by atoms with Crippen LogP contribution in [0.5, 0.6) is 11.5 Å². The van der Waals surface area contributed by atoms with Crippen molar-refractivity contribution in [3.05, 3.63) is 71.1 Å². The lowest BCUT2D eigenvalue weighted by Crippen LogP contribution is -2.41. The van der Waals surface area contributed by atoms with E-state index in [-0.39, 0.29) is 18.1 Å². The molecule has 0 fully saturated rings. The van der Waals surface area contributed by atoms with Crippen molar-refractivity contribution in [2.75, 3.05) is 19.8 Å². The highest BCUT2D eigenvalue weighted by molar-refractivity contribution is 6.06. The van der Waals surface area contributed by atoms with E-state index in [2.05, 4.69) is 13.2 Å². The Hall–Kier alpha value is -3.61. The van der Waals surface area contributed by atoms with Crippen LogP contribution in [0.2, 0.25) is 0 Å². The van der Waals surface area contributed by atoms with Crippen LogP contribution in [0.3, 0.4) is 0 Å². The monoisotopic (exact) mass is 491 g/mol. The minimum absolute atomic E-state index is 0.0308. The maximum atomic E-state index is 13.4. The Morgan fingerprint density at radius 1 is 1.03 bits per heavy atom. The standard InChI is InChI=1S/C29H33NO6/c1-4-9-18-15-19(16-24(35-6-3)29(18)36-14-5-2)26-27-20(10-7-12-22(27)31)30(17-25(33)34)21-11-8-13-23(32)28(21)26/h4-5,15-16,26H,1-2,6-14,17H2,3H3,(H,33,34). The van der Waals surface area contributed by atoms with Gasteiger partial charge in [0.2, 0.25) is 0 Å². The second-order valence-electron chi connectivity index (χ2n) is 9.22. The van der Waals surface area contributed by atoms with Crippen molar-refractivity contribution in [1.29, 1.82) is 0 Å². The number of hydrogen-bond donors (Lipinski definition) is 1. The zero-order valence-corrected chi connectivity index (χ0v) is 20.8. The smallest absolute Gasteiger partial charge is 0.323 e. The molecule has 190 valence electrons. The average molecular weight is 492 g/mol. The quantitative estimate of drug-likeness (QED) is 0.467. The molecule has 0 amide bonds. The van der Waals surface area contributed by atoms with Gasteiger partial charge in [-0.05, 0) is 50.7 Å². The third kappa shape index (κ3) is 4.74. The molecular formula is C29H33NO6. The van der Waals surface area contributed by atoms with Gasteiger partial charge in [-0.3, -0.25) is 14.4 Å². The van der Waals surface area contributed by atoms with E-state index >= 15 is 0 Å². The number of benzene rings is 1.